The molecule has 0 amide bonds. The largest absolute Gasteiger partial charge is 0.389 e. The van der Waals surface area contributed by atoms with E-state index in [1.54, 1.807) is 0 Å². The number of rotatable bonds is 2. The van der Waals surface area contributed by atoms with E-state index in [0.29, 0.717) is 6.54 Å². The third-order valence-corrected chi connectivity index (χ3v) is 5.95. The predicted molar refractivity (Wildman–Crippen MR) is 65.0 cm³/mol. The van der Waals surface area contributed by atoms with Crippen molar-refractivity contribution in [3.05, 3.63) is 0 Å². The van der Waals surface area contributed by atoms with E-state index >= 15 is 0 Å². The summed E-state index contributed by atoms with van der Waals surface area (Å²) < 4.78 is 0. The maximum Gasteiger partial charge on any atom is 0.0718 e. The minimum absolute atomic E-state index is 0.0936. The lowest BCUT2D eigenvalue weighted by molar-refractivity contribution is -0.130. The van der Waals surface area contributed by atoms with Crippen LogP contribution in [0.15, 0.2) is 0 Å². The van der Waals surface area contributed by atoms with E-state index in [4.69, 9.17) is 5.73 Å². The van der Waals surface area contributed by atoms with Gasteiger partial charge in [0.2, 0.25) is 0 Å². The van der Waals surface area contributed by atoms with Gasteiger partial charge in [0, 0.05) is 12.0 Å². The van der Waals surface area contributed by atoms with Gasteiger partial charge in [-0.15, -0.1) is 0 Å². The predicted octanol–water partition coefficient (Wildman–Crippen LogP) is 2.45. The molecule has 3 aliphatic rings. The fraction of sp³-hybridized carbons (Fsp3) is 1.00. The highest BCUT2D eigenvalue weighted by Gasteiger charge is 2.60. The molecule has 3 rings (SSSR count). The normalized spacial score (nSPS) is 46.1. The fourth-order valence-electron chi connectivity index (χ4n) is 5.09. The maximum atomic E-state index is 11.1. The van der Waals surface area contributed by atoms with Crippen LogP contribution >= 0.6 is 0 Å². The molecule has 3 unspecified atom stereocenters. The summed E-state index contributed by atoms with van der Waals surface area (Å²) in [6, 6.07) is 0. The highest BCUT2D eigenvalue weighted by Crippen LogP contribution is 2.62. The molecule has 0 radical (unpaired) electrons. The summed E-state index contributed by atoms with van der Waals surface area (Å²) in [5.74, 6) is 1.60. The number of hydrogen-bond acceptors (Lipinski definition) is 2. The Morgan fingerprint density at radius 2 is 1.88 bits per heavy atom. The van der Waals surface area contributed by atoms with Crippen LogP contribution in [0, 0.1) is 17.3 Å². The zero-order valence-corrected chi connectivity index (χ0v) is 10.3. The second-order valence-corrected chi connectivity index (χ2v) is 6.53. The molecule has 2 heteroatoms. The van der Waals surface area contributed by atoms with Gasteiger partial charge in [-0.05, 0) is 43.9 Å². The molecular formula is C14H25NO. The third-order valence-electron chi connectivity index (χ3n) is 5.95. The topological polar surface area (TPSA) is 46.2 Å². The van der Waals surface area contributed by atoms with Gasteiger partial charge in [-0.1, -0.05) is 25.7 Å². The molecule has 3 atom stereocenters. The van der Waals surface area contributed by atoms with Crippen LogP contribution in [0.1, 0.15) is 57.8 Å². The Morgan fingerprint density at radius 3 is 2.38 bits per heavy atom. The molecule has 0 aliphatic heterocycles. The van der Waals surface area contributed by atoms with Gasteiger partial charge in [0.15, 0.2) is 0 Å². The van der Waals surface area contributed by atoms with Crippen molar-refractivity contribution in [2.24, 2.45) is 23.0 Å². The van der Waals surface area contributed by atoms with Gasteiger partial charge in [-0.2, -0.15) is 0 Å². The summed E-state index contributed by atoms with van der Waals surface area (Å²) in [4.78, 5) is 0. The van der Waals surface area contributed by atoms with Crippen molar-refractivity contribution < 1.29 is 5.11 Å². The molecule has 3 saturated carbocycles. The average Bonchev–Trinajstić information content (AvgIpc) is 2.90. The SMILES string of the molecule is NCC1(C2(O)CCCCC2)CC2CCC1C2. The molecule has 3 aliphatic carbocycles. The first-order valence-electron chi connectivity index (χ1n) is 7.13. The first kappa shape index (κ1) is 11.0. The first-order chi connectivity index (χ1) is 7.70. The van der Waals surface area contributed by atoms with Crippen LogP contribution < -0.4 is 5.73 Å². The van der Waals surface area contributed by atoms with Crippen LogP contribution in [-0.4, -0.2) is 17.3 Å². The van der Waals surface area contributed by atoms with E-state index in [0.717, 1.165) is 24.7 Å². The van der Waals surface area contributed by atoms with E-state index in [9.17, 15) is 5.11 Å². The molecule has 0 spiro atoms. The van der Waals surface area contributed by atoms with Crippen molar-refractivity contribution in [2.75, 3.05) is 6.54 Å². The van der Waals surface area contributed by atoms with Crippen molar-refractivity contribution in [3.63, 3.8) is 0 Å². The first-order valence-corrected chi connectivity index (χ1v) is 7.13. The molecule has 2 bridgehead atoms. The fourth-order valence-corrected chi connectivity index (χ4v) is 5.09. The Labute approximate surface area is 98.6 Å². The van der Waals surface area contributed by atoms with Gasteiger partial charge < -0.3 is 10.8 Å². The molecule has 0 aromatic heterocycles. The Hall–Kier alpha value is -0.0800. The van der Waals surface area contributed by atoms with Crippen molar-refractivity contribution in [2.45, 2.75) is 63.4 Å². The summed E-state index contributed by atoms with van der Waals surface area (Å²) in [6.07, 6.45) is 11.0. The standard InChI is InChI=1S/C14H25NO/c15-10-13(9-11-4-5-12(13)8-11)14(16)6-2-1-3-7-14/h11-12,16H,1-10,15H2. The van der Waals surface area contributed by atoms with Crippen LogP contribution in [0.3, 0.4) is 0 Å². The molecule has 3 fully saturated rings. The third kappa shape index (κ3) is 1.32. The highest BCUT2D eigenvalue weighted by molar-refractivity contribution is 5.11. The second kappa shape index (κ2) is 3.71. The van der Waals surface area contributed by atoms with Gasteiger partial charge >= 0.3 is 0 Å². The Bertz CT molecular complexity index is 272. The summed E-state index contributed by atoms with van der Waals surface area (Å²) in [5.41, 5.74) is 5.79. The van der Waals surface area contributed by atoms with E-state index in [1.165, 1.54) is 44.9 Å². The van der Waals surface area contributed by atoms with E-state index in [-0.39, 0.29) is 5.41 Å². The molecule has 0 heterocycles. The average molecular weight is 223 g/mol. The van der Waals surface area contributed by atoms with Gasteiger partial charge in [0.1, 0.15) is 0 Å². The molecule has 0 aromatic rings. The van der Waals surface area contributed by atoms with E-state index in [1.807, 2.05) is 0 Å². The quantitative estimate of drug-likeness (QED) is 0.755. The van der Waals surface area contributed by atoms with Gasteiger partial charge in [-0.25, -0.2) is 0 Å². The summed E-state index contributed by atoms with van der Waals surface area (Å²) in [7, 11) is 0. The summed E-state index contributed by atoms with van der Waals surface area (Å²) in [6.45, 7) is 0.713. The molecule has 0 aromatic carbocycles. The zero-order chi connectivity index (χ0) is 11.2. The Balaban J connectivity index is 1.89. The van der Waals surface area contributed by atoms with Gasteiger partial charge in [0.05, 0.1) is 5.60 Å². The minimum atomic E-state index is -0.417. The van der Waals surface area contributed by atoms with Crippen LogP contribution in [-0.2, 0) is 0 Å². The van der Waals surface area contributed by atoms with E-state index < -0.39 is 5.60 Å². The smallest absolute Gasteiger partial charge is 0.0718 e. The molecule has 92 valence electrons. The number of nitrogens with two attached hydrogens (primary N) is 1. The zero-order valence-electron chi connectivity index (χ0n) is 10.3. The molecule has 16 heavy (non-hydrogen) atoms. The summed E-state index contributed by atoms with van der Waals surface area (Å²) >= 11 is 0. The molecule has 3 N–H and O–H groups in total. The second-order valence-electron chi connectivity index (χ2n) is 6.53. The highest BCUT2D eigenvalue weighted by atomic mass is 16.3. The van der Waals surface area contributed by atoms with Crippen LogP contribution in [0.4, 0.5) is 0 Å². The molecule has 0 saturated heterocycles. The van der Waals surface area contributed by atoms with Crippen LogP contribution in [0.25, 0.3) is 0 Å². The summed E-state index contributed by atoms with van der Waals surface area (Å²) in [5, 5.41) is 11.1. The maximum absolute atomic E-state index is 11.1. The van der Waals surface area contributed by atoms with E-state index in [2.05, 4.69) is 0 Å². The monoisotopic (exact) mass is 223 g/mol. The van der Waals surface area contributed by atoms with Crippen LogP contribution in [0.2, 0.25) is 0 Å². The minimum Gasteiger partial charge on any atom is -0.389 e. The lowest BCUT2D eigenvalue weighted by Gasteiger charge is -2.51. The van der Waals surface area contributed by atoms with Crippen molar-refractivity contribution in [3.8, 4) is 0 Å². The Kier molecular flexibility index (Phi) is 2.56. The van der Waals surface area contributed by atoms with Crippen molar-refractivity contribution in [1.29, 1.82) is 0 Å². The van der Waals surface area contributed by atoms with Gasteiger partial charge in [0.25, 0.3) is 0 Å². The molecular weight excluding hydrogens is 198 g/mol. The lowest BCUT2D eigenvalue weighted by Crippen LogP contribution is -2.56. The lowest BCUT2D eigenvalue weighted by atomic mass is 9.58. The van der Waals surface area contributed by atoms with Crippen molar-refractivity contribution >= 4 is 0 Å². The Morgan fingerprint density at radius 1 is 1.12 bits per heavy atom. The number of hydrogen-bond donors (Lipinski definition) is 2. The number of aliphatic hydroxyl groups is 1. The molecule has 2 nitrogen and oxygen atoms in total. The van der Waals surface area contributed by atoms with Crippen molar-refractivity contribution in [1.82, 2.24) is 0 Å². The van der Waals surface area contributed by atoms with Gasteiger partial charge in [-0.3, -0.25) is 0 Å². The number of fused-ring (bicyclic) bond motifs is 2. The van der Waals surface area contributed by atoms with Crippen LogP contribution in [0.5, 0.6) is 0 Å².